The lowest BCUT2D eigenvalue weighted by Gasteiger charge is -2.10. The number of thioether (sulfide) groups is 1. The van der Waals surface area contributed by atoms with Crippen LogP contribution in [0.3, 0.4) is 0 Å². The van der Waals surface area contributed by atoms with E-state index in [9.17, 15) is 8.42 Å². The molecule has 3 rings (SSSR count). The standard InChI is InChI=1S/C19H18N2O2S3.ClH/c1-12-8-9-14(10-15(12)13-6-4-3-5-7-13)26(22,23)17-11-16(18(20)21)25-19(17)24-2;/h3-11H,1-2H3,(H3,20,21);1H. The zero-order valence-corrected chi connectivity index (χ0v) is 18.0. The number of nitrogens with two attached hydrogens (primary N) is 1. The molecule has 0 unspecified atom stereocenters. The molecular weight excluding hydrogens is 420 g/mol. The highest BCUT2D eigenvalue weighted by atomic mass is 35.5. The van der Waals surface area contributed by atoms with Gasteiger partial charge in [-0.1, -0.05) is 36.4 Å². The van der Waals surface area contributed by atoms with Gasteiger partial charge in [-0.05, 0) is 48.1 Å². The molecule has 3 aromatic rings. The van der Waals surface area contributed by atoms with Gasteiger partial charge in [0.25, 0.3) is 0 Å². The van der Waals surface area contributed by atoms with Gasteiger partial charge in [0.15, 0.2) is 0 Å². The molecule has 0 amide bonds. The zero-order chi connectivity index (χ0) is 18.9. The Morgan fingerprint density at radius 2 is 1.78 bits per heavy atom. The average molecular weight is 439 g/mol. The Morgan fingerprint density at radius 1 is 1.11 bits per heavy atom. The highest BCUT2D eigenvalue weighted by Crippen LogP contribution is 2.38. The van der Waals surface area contributed by atoms with Crippen molar-refractivity contribution in [1.82, 2.24) is 0 Å². The quantitative estimate of drug-likeness (QED) is 0.334. The van der Waals surface area contributed by atoms with Crippen molar-refractivity contribution in [2.75, 3.05) is 6.26 Å². The predicted octanol–water partition coefficient (Wildman–Crippen LogP) is 4.98. The lowest BCUT2D eigenvalue weighted by molar-refractivity contribution is 0.595. The van der Waals surface area contributed by atoms with E-state index in [1.54, 1.807) is 12.1 Å². The number of sulfone groups is 1. The molecule has 0 saturated heterocycles. The maximum atomic E-state index is 13.2. The van der Waals surface area contributed by atoms with E-state index in [2.05, 4.69) is 0 Å². The summed E-state index contributed by atoms with van der Waals surface area (Å²) in [6, 6.07) is 16.4. The van der Waals surface area contributed by atoms with Crippen LogP contribution in [0.2, 0.25) is 0 Å². The van der Waals surface area contributed by atoms with Crippen LogP contribution in [-0.2, 0) is 9.84 Å². The van der Waals surface area contributed by atoms with Crippen molar-refractivity contribution in [3.8, 4) is 11.1 Å². The van der Waals surface area contributed by atoms with E-state index in [1.807, 2.05) is 49.6 Å². The van der Waals surface area contributed by atoms with Crippen molar-refractivity contribution in [3.05, 3.63) is 65.0 Å². The van der Waals surface area contributed by atoms with Crippen LogP contribution in [0.15, 0.2) is 68.6 Å². The second-order valence-electron chi connectivity index (χ2n) is 5.73. The summed E-state index contributed by atoms with van der Waals surface area (Å²) in [4.78, 5) is 0.913. The maximum absolute atomic E-state index is 13.2. The lowest BCUT2D eigenvalue weighted by atomic mass is 10.0. The third kappa shape index (κ3) is 4.21. The van der Waals surface area contributed by atoms with Crippen molar-refractivity contribution in [1.29, 1.82) is 5.41 Å². The third-order valence-corrected chi connectivity index (χ3v) is 8.35. The smallest absolute Gasteiger partial charge is 0.208 e. The third-order valence-electron chi connectivity index (χ3n) is 4.01. The van der Waals surface area contributed by atoms with Gasteiger partial charge in [-0.25, -0.2) is 8.42 Å². The molecule has 0 aliphatic heterocycles. The summed E-state index contributed by atoms with van der Waals surface area (Å²) in [5.74, 6) is -0.124. The van der Waals surface area contributed by atoms with Crippen LogP contribution in [0.25, 0.3) is 11.1 Å². The number of nitrogens with one attached hydrogen (secondary N) is 1. The Hall–Kier alpha value is -1.80. The second kappa shape index (κ2) is 8.48. The maximum Gasteiger partial charge on any atom is 0.208 e. The molecule has 0 fully saturated rings. The molecule has 1 heterocycles. The topological polar surface area (TPSA) is 84.0 Å². The van der Waals surface area contributed by atoms with E-state index in [0.717, 1.165) is 16.7 Å². The minimum Gasteiger partial charge on any atom is -0.383 e. The highest BCUT2D eigenvalue weighted by Gasteiger charge is 2.25. The van der Waals surface area contributed by atoms with Crippen LogP contribution in [0.1, 0.15) is 10.4 Å². The molecule has 2 aromatic carbocycles. The normalized spacial score (nSPS) is 11.0. The molecule has 0 aliphatic carbocycles. The number of benzene rings is 2. The number of hydrogen-bond donors (Lipinski definition) is 2. The molecule has 0 radical (unpaired) electrons. The molecule has 0 saturated carbocycles. The van der Waals surface area contributed by atoms with Crippen LogP contribution in [0.5, 0.6) is 0 Å². The van der Waals surface area contributed by atoms with Crippen molar-refractivity contribution in [3.63, 3.8) is 0 Å². The molecule has 8 heteroatoms. The van der Waals surface area contributed by atoms with Gasteiger partial charge in [0.1, 0.15) is 5.84 Å². The van der Waals surface area contributed by atoms with Crippen LogP contribution < -0.4 is 5.73 Å². The Labute approximate surface area is 173 Å². The van der Waals surface area contributed by atoms with Gasteiger partial charge < -0.3 is 5.73 Å². The molecule has 4 nitrogen and oxygen atoms in total. The Balaban J connectivity index is 0.00000261. The van der Waals surface area contributed by atoms with Crippen molar-refractivity contribution in [2.24, 2.45) is 5.73 Å². The van der Waals surface area contributed by atoms with Crippen LogP contribution in [-0.4, -0.2) is 20.5 Å². The number of nitrogen functional groups attached to an aromatic ring is 1. The fraction of sp³-hybridized carbons (Fsp3) is 0.105. The first-order chi connectivity index (χ1) is 12.3. The first kappa shape index (κ1) is 21.5. The summed E-state index contributed by atoms with van der Waals surface area (Å²) in [5.41, 5.74) is 8.41. The number of aryl methyl sites for hydroxylation is 1. The second-order valence-corrected chi connectivity index (χ2v) is 9.77. The Bertz CT molecular complexity index is 1080. The fourth-order valence-corrected chi connectivity index (χ4v) is 6.53. The largest absolute Gasteiger partial charge is 0.383 e. The van der Waals surface area contributed by atoms with Gasteiger partial charge in [0.05, 0.1) is 18.9 Å². The van der Waals surface area contributed by atoms with Gasteiger partial charge in [-0.3, -0.25) is 5.41 Å². The number of halogens is 1. The van der Waals surface area contributed by atoms with E-state index < -0.39 is 9.84 Å². The Kier molecular flexibility index (Phi) is 6.75. The van der Waals surface area contributed by atoms with Crippen LogP contribution >= 0.6 is 35.5 Å². The van der Waals surface area contributed by atoms with Crippen molar-refractivity contribution in [2.45, 2.75) is 20.9 Å². The van der Waals surface area contributed by atoms with E-state index >= 15 is 0 Å². The molecule has 3 N–H and O–H groups in total. The zero-order valence-electron chi connectivity index (χ0n) is 14.7. The van der Waals surface area contributed by atoms with Crippen LogP contribution in [0, 0.1) is 12.3 Å². The van der Waals surface area contributed by atoms with E-state index in [4.69, 9.17) is 11.1 Å². The van der Waals surface area contributed by atoms with Crippen molar-refractivity contribution < 1.29 is 8.42 Å². The molecule has 0 spiro atoms. The minimum atomic E-state index is -3.70. The molecular formula is C19H19ClN2O2S3. The predicted molar refractivity (Wildman–Crippen MR) is 116 cm³/mol. The number of amidine groups is 1. The highest BCUT2D eigenvalue weighted by molar-refractivity contribution is 8.01. The summed E-state index contributed by atoms with van der Waals surface area (Å²) < 4.78 is 27.1. The first-order valence-corrected chi connectivity index (χ1v) is 11.3. The minimum absolute atomic E-state index is 0. The van der Waals surface area contributed by atoms with Gasteiger partial charge >= 0.3 is 0 Å². The lowest BCUT2D eigenvalue weighted by Crippen LogP contribution is -2.09. The SMILES string of the molecule is CSc1sc(C(=N)N)cc1S(=O)(=O)c1ccc(C)c(-c2ccccc2)c1.Cl. The van der Waals surface area contributed by atoms with E-state index in [-0.39, 0.29) is 28.0 Å². The monoisotopic (exact) mass is 438 g/mol. The molecule has 0 bridgehead atoms. The molecule has 0 aliphatic rings. The first-order valence-electron chi connectivity index (χ1n) is 7.78. The van der Waals surface area contributed by atoms with Gasteiger partial charge in [0, 0.05) is 0 Å². The Morgan fingerprint density at radius 3 is 2.37 bits per heavy atom. The number of thiophene rings is 1. The summed E-state index contributed by atoms with van der Waals surface area (Å²) in [5, 5.41) is 7.59. The summed E-state index contributed by atoms with van der Waals surface area (Å²) in [6.07, 6.45) is 1.82. The molecule has 1 aromatic heterocycles. The number of rotatable bonds is 5. The van der Waals surface area contributed by atoms with E-state index in [0.29, 0.717) is 9.09 Å². The van der Waals surface area contributed by atoms with Gasteiger partial charge in [-0.15, -0.1) is 35.5 Å². The number of hydrogen-bond acceptors (Lipinski definition) is 5. The average Bonchev–Trinajstić information content (AvgIpc) is 3.08. The summed E-state index contributed by atoms with van der Waals surface area (Å²) >= 11 is 2.57. The molecule has 0 atom stereocenters. The summed E-state index contributed by atoms with van der Waals surface area (Å²) in [6.45, 7) is 1.96. The van der Waals surface area contributed by atoms with Crippen molar-refractivity contribution >= 4 is 51.2 Å². The summed E-state index contributed by atoms with van der Waals surface area (Å²) in [7, 11) is -3.70. The van der Waals surface area contributed by atoms with Gasteiger partial charge in [0.2, 0.25) is 9.84 Å². The fourth-order valence-electron chi connectivity index (χ4n) is 2.64. The molecule has 142 valence electrons. The van der Waals surface area contributed by atoms with Crippen LogP contribution in [0.4, 0.5) is 0 Å². The molecule has 27 heavy (non-hydrogen) atoms. The van der Waals surface area contributed by atoms with E-state index in [1.165, 1.54) is 29.2 Å². The van der Waals surface area contributed by atoms with Gasteiger partial charge in [-0.2, -0.15) is 0 Å².